The molecular formula is C12H15BrN2O2S. The zero-order valence-corrected chi connectivity index (χ0v) is 12.4. The summed E-state index contributed by atoms with van der Waals surface area (Å²) in [6.07, 6.45) is 6.76. The summed E-state index contributed by atoms with van der Waals surface area (Å²) >= 11 is 4.98. The van der Waals surface area contributed by atoms with Crippen LogP contribution in [0.3, 0.4) is 0 Å². The number of thioether (sulfide) groups is 1. The van der Waals surface area contributed by atoms with Crippen LogP contribution in [0.1, 0.15) is 29.6 Å². The largest absolute Gasteiger partial charge is 0.349 e. The monoisotopic (exact) mass is 330 g/mol. The Morgan fingerprint density at radius 3 is 2.94 bits per heavy atom. The molecule has 4 nitrogen and oxygen atoms in total. The highest BCUT2D eigenvalue weighted by Crippen LogP contribution is 2.28. The molecule has 2 atom stereocenters. The van der Waals surface area contributed by atoms with E-state index in [1.165, 1.54) is 6.20 Å². The van der Waals surface area contributed by atoms with Crippen molar-refractivity contribution in [2.24, 2.45) is 0 Å². The van der Waals surface area contributed by atoms with Crippen LogP contribution >= 0.6 is 27.7 Å². The number of amides is 1. The molecule has 0 radical (unpaired) electrons. The maximum absolute atomic E-state index is 12.0. The van der Waals surface area contributed by atoms with Gasteiger partial charge in [0.25, 0.3) is 11.5 Å². The van der Waals surface area contributed by atoms with Gasteiger partial charge < -0.3 is 10.3 Å². The Morgan fingerprint density at radius 1 is 1.56 bits per heavy atom. The second-order valence-electron chi connectivity index (χ2n) is 4.41. The van der Waals surface area contributed by atoms with E-state index >= 15 is 0 Å². The molecule has 0 saturated heterocycles. The lowest BCUT2D eigenvalue weighted by Gasteiger charge is -2.12. The molecule has 1 saturated carbocycles. The van der Waals surface area contributed by atoms with Crippen LogP contribution in [0.25, 0.3) is 0 Å². The van der Waals surface area contributed by atoms with Gasteiger partial charge in [0.2, 0.25) is 0 Å². The number of aromatic nitrogens is 1. The van der Waals surface area contributed by atoms with E-state index < -0.39 is 0 Å². The molecule has 1 aromatic heterocycles. The van der Waals surface area contributed by atoms with E-state index in [9.17, 15) is 9.59 Å². The molecule has 1 heterocycles. The van der Waals surface area contributed by atoms with E-state index in [0.717, 1.165) is 19.3 Å². The molecule has 6 heteroatoms. The zero-order valence-electron chi connectivity index (χ0n) is 10.0. The van der Waals surface area contributed by atoms with Crippen LogP contribution in [-0.2, 0) is 0 Å². The van der Waals surface area contributed by atoms with E-state index in [1.54, 1.807) is 6.07 Å². The van der Waals surface area contributed by atoms with Gasteiger partial charge in [0, 0.05) is 17.5 Å². The molecule has 0 aromatic carbocycles. The van der Waals surface area contributed by atoms with E-state index in [2.05, 4.69) is 32.5 Å². The van der Waals surface area contributed by atoms with E-state index in [1.807, 2.05) is 11.8 Å². The molecule has 0 bridgehead atoms. The predicted octanol–water partition coefficient (Wildman–Crippen LogP) is 2.15. The molecule has 0 spiro atoms. The lowest BCUT2D eigenvalue weighted by molar-refractivity contribution is 0.0937. The summed E-state index contributed by atoms with van der Waals surface area (Å²) in [6.45, 7) is 0. The Hall–Kier alpha value is -0.750. The van der Waals surface area contributed by atoms with Crippen molar-refractivity contribution in [1.82, 2.24) is 10.3 Å². The van der Waals surface area contributed by atoms with Crippen LogP contribution < -0.4 is 10.9 Å². The SMILES string of the molecule is CS[C@H]1CC[C@@H](NC(=O)c2c[nH]c(=O)c(Br)c2)C1. The van der Waals surface area contributed by atoms with Gasteiger partial charge >= 0.3 is 0 Å². The Morgan fingerprint density at radius 2 is 2.33 bits per heavy atom. The van der Waals surface area contributed by atoms with Crippen molar-refractivity contribution in [2.45, 2.75) is 30.6 Å². The molecule has 1 amide bonds. The minimum atomic E-state index is -0.227. The van der Waals surface area contributed by atoms with Gasteiger partial charge in [-0.15, -0.1) is 0 Å². The van der Waals surface area contributed by atoms with Crippen molar-refractivity contribution in [3.63, 3.8) is 0 Å². The highest BCUT2D eigenvalue weighted by Gasteiger charge is 2.25. The molecule has 2 N–H and O–H groups in total. The smallest absolute Gasteiger partial charge is 0.262 e. The number of pyridine rings is 1. The number of nitrogens with one attached hydrogen (secondary N) is 2. The van der Waals surface area contributed by atoms with Crippen molar-refractivity contribution >= 4 is 33.6 Å². The fourth-order valence-electron chi connectivity index (χ4n) is 2.14. The molecule has 0 aliphatic heterocycles. The highest BCUT2D eigenvalue weighted by molar-refractivity contribution is 9.10. The summed E-state index contributed by atoms with van der Waals surface area (Å²) in [5.74, 6) is -0.126. The summed E-state index contributed by atoms with van der Waals surface area (Å²) in [7, 11) is 0. The summed E-state index contributed by atoms with van der Waals surface area (Å²) < 4.78 is 0.378. The Balaban J connectivity index is 2.00. The topological polar surface area (TPSA) is 62.0 Å². The van der Waals surface area contributed by atoms with Gasteiger partial charge in [-0.3, -0.25) is 9.59 Å². The molecule has 1 aliphatic carbocycles. The van der Waals surface area contributed by atoms with E-state index in [-0.39, 0.29) is 17.5 Å². The first-order chi connectivity index (χ1) is 8.60. The van der Waals surface area contributed by atoms with Gasteiger partial charge in [-0.25, -0.2) is 0 Å². The number of halogens is 1. The van der Waals surface area contributed by atoms with Crippen LogP contribution in [0.15, 0.2) is 21.5 Å². The maximum Gasteiger partial charge on any atom is 0.262 e. The average molecular weight is 331 g/mol. The van der Waals surface area contributed by atoms with Gasteiger partial charge in [0.15, 0.2) is 0 Å². The van der Waals surface area contributed by atoms with Crippen molar-refractivity contribution in [3.05, 3.63) is 32.7 Å². The normalized spacial score (nSPS) is 23.0. The van der Waals surface area contributed by atoms with Gasteiger partial charge in [-0.2, -0.15) is 11.8 Å². The van der Waals surface area contributed by atoms with Gasteiger partial charge in [-0.1, -0.05) is 0 Å². The van der Waals surface area contributed by atoms with Gasteiger partial charge in [0.05, 0.1) is 10.0 Å². The summed E-state index contributed by atoms with van der Waals surface area (Å²) in [4.78, 5) is 25.7. The number of hydrogen-bond acceptors (Lipinski definition) is 3. The number of carbonyl (C=O) groups is 1. The summed E-state index contributed by atoms with van der Waals surface area (Å²) in [5.41, 5.74) is 0.254. The third-order valence-corrected chi connectivity index (χ3v) is 4.86. The number of carbonyl (C=O) groups excluding carboxylic acids is 1. The summed E-state index contributed by atoms with van der Waals surface area (Å²) in [5, 5.41) is 3.66. The van der Waals surface area contributed by atoms with Crippen molar-refractivity contribution in [1.29, 1.82) is 0 Å². The van der Waals surface area contributed by atoms with Crippen LogP contribution in [0.4, 0.5) is 0 Å². The standard InChI is InChI=1S/C12H15BrN2O2S/c1-18-9-3-2-8(5-9)15-11(16)7-4-10(13)12(17)14-6-7/h4,6,8-9H,2-3,5H2,1H3,(H,14,17)(H,15,16)/t8-,9+/m1/s1. The number of aromatic amines is 1. The first kappa shape index (κ1) is 13.7. The Labute approximate surface area is 118 Å². The third kappa shape index (κ3) is 3.17. The minimum absolute atomic E-state index is 0.126. The number of hydrogen-bond donors (Lipinski definition) is 2. The lowest BCUT2D eigenvalue weighted by Crippen LogP contribution is -2.33. The average Bonchev–Trinajstić information content (AvgIpc) is 2.80. The number of rotatable bonds is 3. The Bertz CT molecular complexity index is 503. The number of H-pyrrole nitrogens is 1. The minimum Gasteiger partial charge on any atom is -0.349 e. The van der Waals surface area contributed by atoms with Gasteiger partial charge in [-0.05, 0) is 47.5 Å². The first-order valence-corrected chi connectivity index (χ1v) is 7.90. The quantitative estimate of drug-likeness (QED) is 0.892. The second-order valence-corrected chi connectivity index (χ2v) is 6.40. The van der Waals surface area contributed by atoms with Crippen molar-refractivity contribution in [3.8, 4) is 0 Å². The van der Waals surface area contributed by atoms with E-state index in [4.69, 9.17) is 0 Å². The van der Waals surface area contributed by atoms with Crippen LogP contribution in [0.2, 0.25) is 0 Å². The molecular weight excluding hydrogens is 316 g/mol. The Kier molecular flexibility index (Phi) is 4.50. The molecule has 1 aromatic rings. The summed E-state index contributed by atoms with van der Waals surface area (Å²) in [6, 6.07) is 1.80. The lowest BCUT2D eigenvalue weighted by atomic mass is 10.2. The fourth-order valence-corrected chi connectivity index (χ4v) is 3.30. The maximum atomic E-state index is 12.0. The third-order valence-electron chi connectivity index (χ3n) is 3.17. The molecule has 98 valence electrons. The van der Waals surface area contributed by atoms with Crippen molar-refractivity contribution < 1.29 is 4.79 Å². The molecule has 0 unspecified atom stereocenters. The fraction of sp³-hybridized carbons (Fsp3) is 0.500. The van der Waals surface area contributed by atoms with Crippen LogP contribution in [0.5, 0.6) is 0 Å². The van der Waals surface area contributed by atoms with Crippen LogP contribution in [0, 0.1) is 0 Å². The molecule has 1 fully saturated rings. The van der Waals surface area contributed by atoms with Gasteiger partial charge in [0.1, 0.15) is 0 Å². The molecule has 1 aliphatic rings. The van der Waals surface area contributed by atoms with Crippen molar-refractivity contribution in [2.75, 3.05) is 6.26 Å². The zero-order chi connectivity index (χ0) is 13.1. The second kappa shape index (κ2) is 5.93. The van der Waals surface area contributed by atoms with E-state index in [0.29, 0.717) is 15.3 Å². The highest BCUT2D eigenvalue weighted by atomic mass is 79.9. The molecule has 18 heavy (non-hydrogen) atoms. The predicted molar refractivity (Wildman–Crippen MR) is 77.2 cm³/mol. The first-order valence-electron chi connectivity index (χ1n) is 5.82. The van der Waals surface area contributed by atoms with Crippen LogP contribution in [-0.4, -0.2) is 28.4 Å². The molecule has 2 rings (SSSR count).